The van der Waals surface area contributed by atoms with Crippen LogP contribution >= 0.6 is 0 Å². The van der Waals surface area contributed by atoms with Crippen LogP contribution in [0.5, 0.6) is 5.75 Å². The molecule has 2 heteroatoms. The zero-order chi connectivity index (χ0) is 13.6. The summed E-state index contributed by atoms with van der Waals surface area (Å²) in [4.78, 5) is 0. The smallest absolute Gasteiger partial charge is 0.123 e. The van der Waals surface area contributed by atoms with E-state index in [1.807, 2.05) is 0 Å². The van der Waals surface area contributed by atoms with E-state index in [-0.39, 0.29) is 17.4 Å². The Morgan fingerprint density at radius 1 is 1.33 bits per heavy atom. The average molecular weight is 248 g/mol. The molecule has 1 aliphatic rings. The molecule has 0 spiro atoms. The van der Waals surface area contributed by atoms with Crippen LogP contribution < -0.4 is 4.74 Å². The van der Waals surface area contributed by atoms with Crippen molar-refractivity contribution in [2.45, 2.75) is 45.4 Å². The first-order valence-electron chi connectivity index (χ1n) is 6.67. The number of ether oxygens (including phenoxy) is 1. The summed E-state index contributed by atoms with van der Waals surface area (Å²) in [5.41, 5.74) is 2.48. The molecule has 1 aromatic rings. The maximum Gasteiger partial charge on any atom is 0.123 e. The van der Waals surface area contributed by atoms with Gasteiger partial charge in [-0.05, 0) is 29.4 Å². The van der Waals surface area contributed by atoms with Crippen molar-refractivity contribution in [3.63, 3.8) is 0 Å². The molecule has 2 rings (SSSR count). The topological polar surface area (TPSA) is 29.5 Å². The Hall–Kier alpha value is -1.02. The molecule has 0 radical (unpaired) electrons. The van der Waals surface area contributed by atoms with Crippen molar-refractivity contribution in [2.75, 3.05) is 13.7 Å². The lowest BCUT2D eigenvalue weighted by molar-refractivity contribution is 0.228. The lowest BCUT2D eigenvalue weighted by Crippen LogP contribution is -2.20. The molecule has 1 N–H and O–H groups in total. The predicted octanol–water partition coefficient (Wildman–Crippen LogP) is 3.48. The number of rotatable bonds is 4. The molecular weight excluding hydrogens is 224 g/mol. The Morgan fingerprint density at radius 2 is 1.94 bits per heavy atom. The molecule has 1 aliphatic carbocycles. The summed E-state index contributed by atoms with van der Waals surface area (Å²) in [6.07, 6.45) is 1.02. The normalized spacial score (nSPS) is 25.3. The molecule has 2 nitrogen and oxygen atoms in total. The maximum absolute atomic E-state index is 9.79. The van der Waals surface area contributed by atoms with Gasteiger partial charge in [0.15, 0.2) is 0 Å². The van der Waals surface area contributed by atoms with E-state index in [0.29, 0.717) is 5.92 Å². The first-order valence-corrected chi connectivity index (χ1v) is 6.67. The van der Waals surface area contributed by atoms with Crippen LogP contribution in [0.3, 0.4) is 0 Å². The summed E-state index contributed by atoms with van der Waals surface area (Å²) in [6, 6.07) is 6.42. The van der Waals surface area contributed by atoms with Gasteiger partial charge in [-0.25, -0.2) is 0 Å². The highest BCUT2D eigenvalue weighted by molar-refractivity contribution is 5.49. The standard InChI is InChI=1S/C16H24O2/c1-11(2)12-6-7-13(14(8-12)18-5)16(10-17)9-15(16,3)4/h6-8,11,17H,9-10H2,1-5H3. The summed E-state index contributed by atoms with van der Waals surface area (Å²) in [6.45, 7) is 8.96. The van der Waals surface area contributed by atoms with E-state index in [4.69, 9.17) is 4.74 Å². The molecule has 18 heavy (non-hydrogen) atoms. The van der Waals surface area contributed by atoms with E-state index in [9.17, 15) is 5.11 Å². The summed E-state index contributed by atoms with van der Waals surface area (Å²) in [7, 11) is 1.71. The van der Waals surface area contributed by atoms with Gasteiger partial charge in [-0.3, -0.25) is 0 Å². The zero-order valence-corrected chi connectivity index (χ0v) is 12.1. The second kappa shape index (κ2) is 4.27. The number of benzene rings is 1. The second-order valence-electron chi connectivity index (χ2n) is 6.42. The minimum absolute atomic E-state index is 0.117. The van der Waals surface area contributed by atoms with E-state index >= 15 is 0 Å². The molecule has 1 aromatic carbocycles. The molecule has 0 heterocycles. The molecule has 0 aromatic heterocycles. The van der Waals surface area contributed by atoms with E-state index in [1.54, 1.807) is 7.11 Å². The number of aliphatic hydroxyl groups is 1. The van der Waals surface area contributed by atoms with Crippen molar-refractivity contribution in [3.05, 3.63) is 29.3 Å². The fourth-order valence-corrected chi connectivity index (χ4v) is 2.99. The molecule has 1 atom stereocenters. The van der Waals surface area contributed by atoms with Gasteiger partial charge in [-0.2, -0.15) is 0 Å². The fourth-order valence-electron chi connectivity index (χ4n) is 2.99. The van der Waals surface area contributed by atoms with Crippen molar-refractivity contribution in [1.82, 2.24) is 0 Å². The molecular formula is C16H24O2. The fraction of sp³-hybridized carbons (Fsp3) is 0.625. The van der Waals surface area contributed by atoms with E-state index in [0.717, 1.165) is 17.7 Å². The van der Waals surface area contributed by atoms with Gasteiger partial charge in [-0.15, -0.1) is 0 Å². The SMILES string of the molecule is COc1cc(C(C)C)ccc1C1(CO)CC1(C)C. The van der Waals surface area contributed by atoms with E-state index in [2.05, 4.69) is 45.9 Å². The van der Waals surface area contributed by atoms with Gasteiger partial charge in [-0.1, -0.05) is 39.8 Å². The van der Waals surface area contributed by atoms with Crippen LogP contribution in [0.15, 0.2) is 18.2 Å². The van der Waals surface area contributed by atoms with Gasteiger partial charge in [0.2, 0.25) is 0 Å². The van der Waals surface area contributed by atoms with Crippen molar-refractivity contribution >= 4 is 0 Å². The molecule has 1 unspecified atom stereocenters. The van der Waals surface area contributed by atoms with Crippen LogP contribution in [-0.4, -0.2) is 18.8 Å². The van der Waals surface area contributed by atoms with Crippen molar-refractivity contribution in [3.8, 4) is 5.75 Å². The molecule has 100 valence electrons. The first kappa shape index (κ1) is 13.4. The van der Waals surface area contributed by atoms with Crippen LogP contribution in [-0.2, 0) is 5.41 Å². The number of aliphatic hydroxyl groups excluding tert-OH is 1. The maximum atomic E-state index is 9.79. The molecule has 0 saturated heterocycles. The van der Waals surface area contributed by atoms with Crippen LogP contribution in [0.1, 0.15) is 51.2 Å². The Balaban J connectivity index is 2.46. The van der Waals surface area contributed by atoms with Crippen molar-refractivity contribution < 1.29 is 9.84 Å². The summed E-state index contributed by atoms with van der Waals surface area (Å²) < 4.78 is 5.55. The van der Waals surface area contributed by atoms with E-state index in [1.165, 1.54) is 5.56 Å². The Kier molecular flexibility index (Phi) is 3.18. The van der Waals surface area contributed by atoms with Crippen LogP contribution in [0.4, 0.5) is 0 Å². The van der Waals surface area contributed by atoms with Gasteiger partial charge in [0.1, 0.15) is 5.75 Å². The highest BCUT2D eigenvalue weighted by atomic mass is 16.5. The third-order valence-electron chi connectivity index (χ3n) is 4.59. The monoisotopic (exact) mass is 248 g/mol. The van der Waals surface area contributed by atoms with Gasteiger partial charge < -0.3 is 9.84 Å². The minimum Gasteiger partial charge on any atom is -0.496 e. The molecule has 0 bridgehead atoms. The zero-order valence-electron chi connectivity index (χ0n) is 12.1. The van der Waals surface area contributed by atoms with Crippen LogP contribution in [0, 0.1) is 5.41 Å². The molecule has 1 fully saturated rings. The Labute approximate surface area is 110 Å². The molecule has 0 aliphatic heterocycles. The number of methoxy groups -OCH3 is 1. The lowest BCUT2D eigenvalue weighted by Gasteiger charge is -2.22. The van der Waals surface area contributed by atoms with Gasteiger partial charge >= 0.3 is 0 Å². The third kappa shape index (κ3) is 1.83. The Bertz CT molecular complexity index is 448. The summed E-state index contributed by atoms with van der Waals surface area (Å²) >= 11 is 0. The predicted molar refractivity (Wildman–Crippen MR) is 74.2 cm³/mol. The van der Waals surface area contributed by atoms with Gasteiger partial charge in [0.25, 0.3) is 0 Å². The van der Waals surface area contributed by atoms with Gasteiger partial charge in [0.05, 0.1) is 13.7 Å². The quantitative estimate of drug-likeness (QED) is 0.884. The lowest BCUT2D eigenvalue weighted by atomic mass is 9.86. The largest absolute Gasteiger partial charge is 0.496 e. The Morgan fingerprint density at radius 3 is 2.33 bits per heavy atom. The summed E-state index contributed by atoms with van der Waals surface area (Å²) in [5, 5.41) is 9.79. The van der Waals surface area contributed by atoms with Crippen LogP contribution in [0.25, 0.3) is 0 Å². The van der Waals surface area contributed by atoms with Crippen molar-refractivity contribution in [2.24, 2.45) is 5.41 Å². The highest BCUT2D eigenvalue weighted by Crippen LogP contribution is 2.65. The summed E-state index contributed by atoms with van der Waals surface area (Å²) in [5.74, 6) is 1.41. The highest BCUT2D eigenvalue weighted by Gasteiger charge is 2.62. The van der Waals surface area contributed by atoms with E-state index < -0.39 is 0 Å². The molecule has 1 saturated carbocycles. The van der Waals surface area contributed by atoms with Crippen molar-refractivity contribution in [1.29, 1.82) is 0 Å². The first-order chi connectivity index (χ1) is 8.38. The number of hydrogen-bond donors (Lipinski definition) is 1. The average Bonchev–Trinajstić information content (AvgIpc) is 2.91. The number of hydrogen-bond acceptors (Lipinski definition) is 2. The third-order valence-corrected chi connectivity index (χ3v) is 4.59. The minimum atomic E-state index is -0.117. The second-order valence-corrected chi connectivity index (χ2v) is 6.42. The van der Waals surface area contributed by atoms with Gasteiger partial charge in [0, 0.05) is 11.0 Å². The van der Waals surface area contributed by atoms with Crippen LogP contribution in [0.2, 0.25) is 0 Å². The molecule has 0 amide bonds.